The van der Waals surface area contributed by atoms with Crippen LogP contribution in [0.3, 0.4) is 0 Å². The highest BCUT2D eigenvalue weighted by Crippen LogP contribution is 2.22. The largest absolute Gasteiger partial charge is 0.444 e. The fourth-order valence-electron chi connectivity index (χ4n) is 2.62. The van der Waals surface area contributed by atoms with Gasteiger partial charge in [0.15, 0.2) is 11.7 Å². The minimum Gasteiger partial charge on any atom is -0.444 e. The van der Waals surface area contributed by atoms with E-state index in [9.17, 15) is 9.59 Å². The number of nitrogens with one attached hydrogen (secondary N) is 2. The van der Waals surface area contributed by atoms with E-state index in [0.29, 0.717) is 29.6 Å². The van der Waals surface area contributed by atoms with Gasteiger partial charge in [0.05, 0.1) is 12.2 Å². The number of hydrogen-bond acceptors (Lipinski definition) is 5. The van der Waals surface area contributed by atoms with Crippen LogP contribution in [0.1, 0.15) is 46.9 Å². The number of halogens is 1. The van der Waals surface area contributed by atoms with Crippen LogP contribution in [0.4, 0.5) is 4.79 Å². The highest BCUT2D eigenvalue weighted by molar-refractivity contribution is 6.30. The van der Waals surface area contributed by atoms with E-state index in [0.717, 1.165) is 5.56 Å². The number of carbonyl (C=O) groups excluding carboxylic acids is 2. The average molecular weight is 436 g/mol. The zero-order valence-corrected chi connectivity index (χ0v) is 18.9. The summed E-state index contributed by atoms with van der Waals surface area (Å²) in [4.78, 5) is 28.5. The van der Waals surface area contributed by atoms with Crippen molar-refractivity contribution in [3.8, 4) is 11.3 Å². The first kappa shape index (κ1) is 23.7. The molecule has 0 aliphatic heterocycles. The molecule has 0 spiro atoms. The maximum absolute atomic E-state index is 12.2. The van der Waals surface area contributed by atoms with Crippen molar-refractivity contribution in [1.82, 2.24) is 15.6 Å². The molecule has 1 aromatic heterocycles. The molecule has 7 nitrogen and oxygen atoms in total. The summed E-state index contributed by atoms with van der Waals surface area (Å²) < 4.78 is 11.0. The lowest BCUT2D eigenvalue weighted by Gasteiger charge is -2.26. The summed E-state index contributed by atoms with van der Waals surface area (Å²) in [6.07, 6.45) is 1.75. The molecular weight excluding hydrogens is 406 g/mol. The Labute approximate surface area is 182 Å². The summed E-state index contributed by atoms with van der Waals surface area (Å²) in [7, 11) is 0. The molecular formula is C22H30ClN3O4. The molecule has 8 heteroatoms. The molecule has 0 saturated carbocycles. The zero-order valence-electron chi connectivity index (χ0n) is 18.1. The van der Waals surface area contributed by atoms with E-state index in [1.165, 1.54) is 0 Å². The third-order valence-corrected chi connectivity index (χ3v) is 4.53. The highest BCUT2D eigenvalue weighted by atomic mass is 35.5. The van der Waals surface area contributed by atoms with Crippen molar-refractivity contribution in [1.29, 1.82) is 0 Å². The second kappa shape index (κ2) is 10.5. The summed E-state index contributed by atoms with van der Waals surface area (Å²) in [5.41, 5.74) is 0.297. The lowest BCUT2D eigenvalue weighted by molar-refractivity contribution is -0.121. The Morgan fingerprint density at radius 2 is 1.87 bits per heavy atom. The van der Waals surface area contributed by atoms with Gasteiger partial charge in [0.2, 0.25) is 5.91 Å². The summed E-state index contributed by atoms with van der Waals surface area (Å²) in [5.74, 6) is 1.11. The molecule has 2 amide bonds. The predicted molar refractivity (Wildman–Crippen MR) is 116 cm³/mol. The molecule has 2 rings (SSSR count). The average Bonchev–Trinajstić information content (AvgIpc) is 3.11. The number of rotatable bonds is 8. The lowest BCUT2D eigenvalue weighted by atomic mass is 10.0. The summed E-state index contributed by atoms with van der Waals surface area (Å²) in [6.45, 7) is 9.68. The molecule has 1 heterocycles. The molecule has 0 saturated heterocycles. The highest BCUT2D eigenvalue weighted by Gasteiger charge is 2.22. The first-order valence-electron chi connectivity index (χ1n) is 10.0. The SMILES string of the molecule is CC(C)C(CNC(=O)CCc1ncc(-c2ccc(Cl)cc2)o1)NC(=O)OC(C)(C)C. The molecule has 30 heavy (non-hydrogen) atoms. The van der Waals surface area contributed by atoms with E-state index >= 15 is 0 Å². The number of nitrogens with zero attached hydrogens (tertiary/aromatic N) is 1. The Morgan fingerprint density at radius 1 is 1.20 bits per heavy atom. The van der Waals surface area contributed by atoms with Crippen LogP contribution in [0.5, 0.6) is 0 Å². The van der Waals surface area contributed by atoms with E-state index in [4.69, 9.17) is 20.8 Å². The van der Waals surface area contributed by atoms with Gasteiger partial charge in [0.1, 0.15) is 5.60 Å². The zero-order chi connectivity index (χ0) is 22.3. The normalized spacial score (nSPS) is 12.5. The fourth-order valence-corrected chi connectivity index (χ4v) is 2.74. The minimum atomic E-state index is -0.574. The first-order chi connectivity index (χ1) is 14.0. The van der Waals surface area contributed by atoms with Crippen molar-refractivity contribution in [3.05, 3.63) is 41.4 Å². The molecule has 164 valence electrons. The van der Waals surface area contributed by atoms with Crippen LogP contribution in [0.15, 0.2) is 34.9 Å². The quantitative estimate of drug-likeness (QED) is 0.632. The van der Waals surface area contributed by atoms with Gasteiger partial charge in [-0.25, -0.2) is 9.78 Å². The lowest BCUT2D eigenvalue weighted by Crippen LogP contribution is -2.48. The van der Waals surface area contributed by atoms with E-state index < -0.39 is 11.7 Å². The molecule has 0 bridgehead atoms. The Morgan fingerprint density at radius 3 is 2.47 bits per heavy atom. The summed E-state index contributed by atoms with van der Waals surface area (Å²) >= 11 is 5.90. The predicted octanol–water partition coefficient (Wildman–Crippen LogP) is 4.59. The van der Waals surface area contributed by atoms with E-state index in [-0.39, 0.29) is 24.3 Å². The summed E-state index contributed by atoms with van der Waals surface area (Å²) in [6, 6.07) is 7.03. The number of hydrogen-bond donors (Lipinski definition) is 2. The van der Waals surface area contributed by atoms with Crippen molar-refractivity contribution in [2.24, 2.45) is 5.92 Å². The second-order valence-corrected chi connectivity index (χ2v) is 8.86. The van der Waals surface area contributed by atoms with Gasteiger partial charge in [-0.05, 0) is 51.0 Å². The molecule has 1 unspecified atom stereocenters. The molecule has 0 aliphatic carbocycles. The van der Waals surface area contributed by atoms with Crippen molar-refractivity contribution in [2.75, 3.05) is 6.54 Å². The monoisotopic (exact) mass is 435 g/mol. The summed E-state index contributed by atoms with van der Waals surface area (Å²) in [5, 5.41) is 6.31. The van der Waals surface area contributed by atoms with Gasteiger partial charge in [0.25, 0.3) is 0 Å². The minimum absolute atomic E-state index is 0.131. The van der Waals surface area contributed by atoms with Crippen LogP contribution in [0.2, 0.25) is 5.02 Å². The maximum atomic E-state index is 12.2. The number of alkyl carbamates (subject to hydrolysis) is 1. The van der Waals surface area contributed by atoms with Gasteiger partial charge >= 0.3 is 6.09 Å². The van der Waals surface area contributed by atoms with Crippen LogP contribution in [-0.4, -0.2) is 35.2 Å². The van der Waals surface area contributed by atoms with Crippen LogP contribution < -0.4 is 10.6 Å². The number of aryl methyl sites for hydroxylation is 1. The van der Waals surface area contributed by atoms with E-state index in [1.54, 1.807) is 39.1 Å². The molecule has 2 N–H and O–H groups in total. The Hall–Kier alpha value is -2.54. The molecule has 0 aliphatic rings. The van der Waals surface area contributed by atoms with Gasteiger partial charge in [-0.3, -0.25) is 4.79 Å². The number of benzene rings is 1. The number of carbonyl (C=O) groups is 2. The van der Waals surface area contributed by atoms with Crippen molar-refractivity contribution >= 4 is 23.6 Å². The van der Waals surface area contributed by atoms with Crippen molar-refractivity contribution in [2.45, 2.75) is 59.1 Å². The third kappa shape index (κ3) is 8.06. The maximum Gasteiger partial charge on any atom is 0.407 e. The number of amides is 2. The van der Waals surface area contributed by atoms with Gasteiger partial charge in [0, 0.05) is 30.0 Å². The van der Waals surface area contributed by atoms with Gasteiger partial charge in [-0.15, -0.1) is 0 Å². The van der Waals surface area contributed by atoms with Crippen LogP contribution in [-0.2, 0) is 16.0 Å². The smallest absolute Gasteiger partial charge is 0.407 e. The molecule has 0 radical (unpaired) electrons. The number of oxazole rings is 1. The molecule has 1 atom stereocenters. The molecule has 2 aromatic rings. The number of aromatic nitrogens is 1. The topological polar surface area (TPSA) is 93.5 Å². The first-order valence-corrected chi connectivity index (χ1v) is 10.4. The van der Waals surface area contributed by atoms with Crippen molar-refractivity contribution in [3.63, 3.8) is 0 Å². The van der Waals surface area contributed by atoms with Crippen LogP contribution in [0, 0.1) is 5.92 Å². The molecule has 1 aromatic carbocycles. The van der Waals surface area contributed by atoms with Gasteiger partial charge in [-0.1, -0.05) is 25.4 Å². The fraction of sp³-hybridized carbons (Fsp3) is 0.500. The number of ether oxygens (including phenoxy) is 1. The van der Waals surface area contributed by atoms with E-state index in [1.807, 2.05) is 26.0 Å². The standard InChI is InChI=1S/C22H30ClN3O4/c1-14(2)17(26-21(28)30-22(3,4)5)12-24-19(27)10-11-20-25-13-18(29-20)15-6-8-16(23)9-7-15/h6-9,13-14,17H,10-12H2,1-5H3,(H,24,27)(H,26,28). The Kier molecular flexibility index (Phi) is 8.29. The molecule has 0 fully saturated rings. The van der Waals surface area contributed by atoms with Gasteiger partial charge in [-0.2, -0.15) is 0 Å². The van der Waals surface area contributed by atoms with Crippen molar-refractivity contribution < 1.29 is 18.7 Å². The Bertz CT molecular complexity index is 841. The van der Waals surface area contributed by atoms with E-state index in [2.05, 4.69) is 15.6 Å². The third-order valence-electron chi connectivity index (χ3n) is 4.27. The Balaban J connectivity index is 1.80. The second-order valence-electron chi connectivity index (χ2n) is 8.43. The van der Waals surface area contributed by atoms with Gasteiger partial charge < -0.3 is 19.8 Å². The van der Waals surface area contributed by atoms with Crippen LogP contribution in [0.25, 0.3) is 11.3 Å². The van der Waals surface area contributed by atoms with Crippen LogP contribution >= 0.6 is 11.6 Å².